The molecule has 1 fully saturated rings. The number of alkyl carbamates (subject to hydrolysis) is 1. The highest BCUT2D eigenvalue weighted by molar-refractivity contribution is 5.67. The van der Waals surface area contributed by atoms with E-state index in [0.29, 0.717) is 12.5 Å². The summed E-state index contributed by atoms with van der Waals surface area (Å²) in [6.45, 7) is 8.11. The number of nitrogens with zero attached hydrogens (tertiary/aromatic N) is 2. The molecule has 1 rings (SSSR count). The van der Waals surface area contributed by atoms with Gasteiger partial charge in [-0.1, -0.05) is 0 Å². The number of piperidine rings is 1. The predicted octanol–water partition coefficient (Wildman–Crippen LogP) is 1.13. The van der Waals surface area contributed by atoms with E-state index in [-0.39, 0.29) is 6.09 Å². The number of carbonyl (C=O) groups is 1. The van der Waals surface area contributed by atoms with Gasteiger partial charge in [0.2, 0.25) is 0 Å². The lowest BCUT2D eigenvalue weighted by Gasteiger charge is -2.30. The van der Waals surface area contributed by atoms with Gasteiger partial charge in [0.05, 0.1) is 0 Å². The third kappa shape index (κ3) is 5.75. The molecular formula is C12H24N4O2. The molecular weight excluding hydrogens is 232 g/mol. The van der Waals surface area contributed by atoms with Crippen LogP contribution in [0.25, 0.3) is 0 Å². The standard InChI is InChI=1S/C12H24N4O2/c1-12(2,3)18-11(17)14-8-10-4-6-16(7-5-10)9-15-13/h9-10H,4-8,13H2,1-3H3,(H,14,17). The average Bonchev–Trinajstić information content (AvgIpc) is 2.26. The van der Waals surface area contributed by atoms with E-state index in [0.717, 1.165) is 25.9 Å². The van der Waals surface area contributed by atoms with Crippen LogP contribution in [0.1, 0.15) is 33.6 Å². The first kappa shape index (κ1) is 14.6. The van der Waals surface area contributed by atoms with E-state index in [1.165, 1.54) is 0 Å². The predicted molar refractivity (Wildman–Crippen MR) is 71.2 cm³/mol. The fourth-order valence-corrected chi connectivity index (χ4v) is 1.91. The maximum atomic E-state index is 11.5. The van der Waals surface area contributed by atoms with E-state index in [2.05, 4.69) is 15.3 Å². The van der Waals surface area contributed by atoms with Crippen LogP contribution in [0.15, 0.2) is 5.10 Å². The lowest BCUT2D eigenvalue weighted by Crippen LogP contribution is -2.39. The van der Waals surface area contributed by atoms with Gasteiger partial charge in [0.1, 0.15) is 11.9 Å². The third-order valence-corrected chi connectivity index (χ3v) is 2.81. The number of likely N-dealkylation sites (tertiary alicyclic amines) is 1. The van der Waals surface area contributed by atoms with Gasteiger partial charge in [-0.15, -0.1) is 0 Å². The Hall–Kier alpha value is -1.46. The molecule has 6 heteroatoms. The number of nitrogens with two attached hydrogens (primary N) is 1. The smallest absolute Gasteiger partial charge is 0.407 e. The van der Waals surface area contributed by atoms with Gasteiger partial charge in [0.25, 0.3) is 0 Å². The van der Waals surface area contributed by atoms with E-state index in [4.69, 9.17) is 10.6 Å². The van der Waals surface area contributed by atoms with Gasteiger partial charge in [-0.25, -0.2) is 4.79 Å². The van der Waals surface area contributed by atoms with Gasteiger partial charge in [-0.05, 0) is 39.5 Å². The summed E-state index contributed by atoms with van der Waals surface area (Å²) in [4.78, 5) is 13.6. The number of hydrogen-bond acceptors (Lipinski definition) is 4. The number of hydrazone groups is 1. The number of amides is 1. The summed E-state index contributed by atoms with van der Waals surface area (Å²) in [5, 5.41) is 6.33. The van der Waals surface area contributed by atoms with Gasteiger partial charge in [-0.2, -0.15) is 5.10 Å². The quantitative estimate of drug-likeness (QED) is 0.343. The molecule has 0 unspecified atom stereocenters. The van der Waals surface area contributed by atoms with Gasteiger partial charge in [0.15, 0.2) is 0 Å². The number of carbonyl (C=O) groups excluding carboxylic acids is 1. The van der Waals surface area contributed by atoms with Gasteiger partial charge in [0, 0.05) is 19.6 Å². The lowest BCUT2D eigenvalue weighted by molar-refractivity contribution is 0.0513. The van der Waals surface area contributed by atoms with Crippen LogP contribution in [0, 0.1) is 5.92 Å². The highest BCUT2D eigenvalue weighted by Crippen LogP contribution is 2.15. The molecule has 1 heterocycles. The fraction of sp³-hybridized carbons (Fsp3) is 0.833. The van der Waals surface area contributed by atoms with Crippen molar-refractivity contribution in [3.63, 3.8) is 0 Å². The molecule has 0 bridgehead atoms. The van der Waals surface area contributed by atoms with Gasteiger partial charge >= 0.3 is 6.09 Å². The molecule has 18 heavy (non-hydrogen) atoms. The van der Waals surface area contributed by atoms with E-state index in [9.17, 15) is 4.79 Å². The van der Waals surface area contributed by atoms with Crippen LogP contribution in [0.3, 0.4) is 0 Å². The first-order chi connectivity index (χ1) is 8.40. The van der Waals surface area contributed by atoms with Crippen molar-refractivity contribution in [1.82, 2.24) is 10.2 Å². The molecule has 0 aromatic carbocycles. The van der Waals surface area contributed by atoms with Crippen LogP contribution in [-0.4, -0.2) is 42.6 Å². The maximum Gasteiger partial charge on any atom is 0.407 e. The minimum Gasteiger partial charge on any atom is -0.444 e. The Balaban J connectivity index is 2.20. The summed E-state index contributed by atoms with van der Waals surface area (Å²) in [5.41, 5.74) is -0.439. The number of rotatable bonds is 3. The van der Waals surface area contributed by atoms with Crippen LogP contribution in [0.4, 0.5) is 4.79 Å². The monoisotopic (exact) mass is 256 g/mol. The second kappa shape index (κ2) is 6.47. The molecule has 1 saturated heterocycles. The minimum atomic E-state index is -0.439. The minimum absolute atomic E-state index is 0.339. The van der Waals surface area contributed by atoms with Crippen molar-refractivity contribution in [1.29, 1.82) is 0 Å². The molecule has 104 valence electrons. The largest absolute Gasteiger partial charge is 0.444 e. The Morgan fingerprint density at radius 1 is 1.50 bits per heavy atom. The molecule has 0 atom stereocenters. The van der Waals surface area contributed by atoms with Gasteiger partial charge < -0.3 is 20.8 Å². The Labute approximate surface area is 109 Å². The Kier molecular flexibility index (Phi) is 5.25. The molecule has 0 aromatic rings. The number of hydrogen-bond donors (Lipinski definition) is 2. The van der Waals surface area contributed by atoms with E-state index < -0.39 is 5.60 Å². The van der Waals surface area contributed by atoms with Crippen molar-refractivity contribution in [2.75, 3.05) is 19.6 Å². The van der Waals surface area contributed by atoms with Crippen LogP contribution in [-0.2, 0) is 4.74 Å². The SMILES string of the molecule is CC(C)(C)OC(=O)NCC1CCN(C=NN)CC1. The summed E-state index contributed by atoms with van der Waals surface area (Å²) in [6, 6.07) is 0. The van der Waals surface area contributed by atoms with Crippen molar-refractivity contribution < 1.29 is 9.53 Å². The first-order valence-electron chi connectivity index (χ1n) is 6.35. The zero-order chi connectivity index (χ0) is 13.6. The summed E-state index contributed by atoms with van der Waals surface area (Å²) < 4.78 is 5.19. The molecule has 1 aliphatic rings. The van der Waals surface area contributed by atoms with E-state index >= 15 is 0 Å². The Morgan fingerprint density at radius 3 is 2.61 bits per heavy atom. The third-order valence-electron chi connectivity index (χ3n) is 2.81. The summed E-state index contributed by atoms with van der Waals surface area (Å²) in [5.74, 6) is 5.61. The number of ether oxygens (including phenoxy) is 1. The van der Waals surface area contributed by atoms with E-state index in [1.54, 1.807) is 6.34 Å². The first-order valence-corrected chi connectivity index (χ1v) is 6.35. The number of nitrogens with one attached hydrogen (secondary N) is 1. The summed E-state index contributed by atoms with van der Waals surface area (Å²) >= 11 is 0. The molecule has 0 aromatic heterocycles. The molecule has 1 aliphatic heterocycles. The molecule has 0 saturated carbocycles. The molecule has 0 aliphatic carbocycles. The average molecular weight is 256 g/mol. The maximum absolute atomic E-state index is 11.5. The van der Waals surface area contributed by atoms with Crippen LogP contribution < -0.4 is 11.2 Å². The van der Waals surface area contributed by atoms with Crippen LogP contribution in [0.5, 0.6) is 0 Å². The summed E-state index contributed by atoms with van der Waals surface area (Å²) in [6.07, 6.45) is 3.38. The highest BCUT2D eigenvalue weighted by Gasteiger charge is 2.20. The van der Waals surface area contributed by atoms with Crippen LogP contribution in [0.2, 0.25) is 0 Å². The Morgan fingerprint density at radius 2 is 2.11 bits per heavy atom. The second-order valence-electron chi connectivity index (χ2n) is 5.63. The summed E-state index contributed by atoms with van der Waals surface area (Å²) in [7, 11) is 0. The zero-order valence-electron chi connectivity index (χ0n) is 11.5. The normalized spacial score (nSPS) is 18.1. The second-order valence-corrected chi connectivity index (χ2v) is 5.63. The van der Waals surface area contributed by atoms with Crippen molar-refractivity contribution >= 4 is 12.4 Å². The topological polar surface area (TPSA) is 80.0 Å². The van der Waals surface area contributed by atoms with Crippen molar-refractivity contribution in [2.45, 2.75) is 39.2 Å². The van der Waals surface area contributed by atoms with Crippen molar-refractivity contribution in [2.24, 2.45) is 16.9 Å². The Bertz CT molecular complexity index is 291. The highest BCUT2D eigenvalue weighted by atomic mass is 16.6. The molecule has 0 radical (unpaired) electrons. The molecule has 1 amide bonds. The van der Waals surface area contributed by atoms with Crippen molar-refractivity contribution in [3.8, 4) is 0 Å². The van der Waals surface area contributed by atoms with E-state index in [1.807, 2.05) is 20.8 Å². The van der Waals surface area contributed by atoms with Gasteiger partial charge in [-0.3, -0.25) is 0 Å². The molecule has 6 nitrogen and oxygen atoms in total. The lowest BCUT2D eigenvalue weighted by atomic mass is 9.97. The zero-order valence-corrected chi connectivity index (χ0v) is 11.5. The van der Waals surface area contributed by atoms with Crippen LogP contribution >= 0.6 is 0 Å². The fourth-order valence-electron chi connectivity index (χ4n) is 1.91. The molecule has 3 N–H and O–H groups in total. The molecule has 0 spiro atoms. The van der Waals surface area contributed by atoms with Crippen molar-refractivity contribution in [3.05, 3.63) is 0 Å².